The van der Waals surface area contributed by atoms with Crippen molar-refractivity contribution in [3.05, 3.63) is 39.3 Å². The number of esters is 1. The van der Waals surface area contributed by atoms with Gasteiger partial charge in [-0.3, -0.25) is 14.6 Å². The number of amides is 1. The molecule has 15 heteroatoms. The van der Waals surface area contributed by atoms with Crippen molar-refractivity contribution in [2.75, 3.05) is 19.7 Å². The van der Waals surface area contributed by atoms with Crippen molar-refractivity contribution in [2.24, 2.45) is 11.8 Å². The molecule has 0 saturated heterocycles. The third-order valence-corrected chi connectivity index (χ3v) is 15.7. The molecule has 2 saturated carbocycles. The third kappa shape index (κ3) is 11.2. The summed E-state index contributed by atoms with van der Waals surface area (Å²) < 4.78 is 56.5. The lowest BCUT2D eigenvalue weighted by atomic mass is 9.79. The van der Waals surface area contributed by atoms with Gasteiger partial charge in [0.15, 0.2) is 8.32 Å². The molecule has 3 rings (SSSR count). The molecule has 0 aromatic carbocycles. The fourth-order valence-electron chi connectivity index (χ4n) is 7.11. The number of hydrogen-bond acceptors (Lipinski definition) is 8. The molecule has 282 valence electrons. The van der Waals surface area contributed by atoms with Gasteiger partial charge in [-0.1, -0.05) is 44.0 Å². The number of hydrogen-bond donors (Lipinski definition) is 3. The summed E-state index contributed by atoms with van der Waals surface area (Å²) in [5, 5.41) is 21.7. The molecule has 1 aromatic rings. The van der Waals surface area contributed by atoms with E-state index in [0.717, 1.165) is 18.1 Å². The van der Waals surface area contributed by atoms with E-state index in [2.05, 4.69) is 10.3 Å². The predicted octanol–water partition coefficient (Wildman–Crippen LogP) is 8.40. The van der Waals surface area contributed by atoms with Gasteiger partial charge in [-0.25, -0.2) is 0 Å². The Morgan fingerprint density at radius 1 is 1.08 bits per heavy atom. The van der Waals surface area contributed by atoms with Gasteiger partial charge < -0.3 is 29.9 Å². The van der Waals surface area contributed by atoms with Crippen molar-refractivity contribution in [2.45, 2.75) is 128 Å². The van der Waals surface area contributed by atoms with Crippen LogP contribution in [0.3, 0.4) is 0 Å². The van der Waals surface area contributed by atoms with Gasteiger partial charge in [-0.05, 0) is 89.3 Å². The summed E-state index contributed by atoms with van der Waals surface area (Å²) in [5.41, 5.74) is -2.55. The average molecular weight is 766 g/mol. The van der Waals surface area contributed by atoms with Crippen LogP contribution in [0.5, 0.6) is 0 Å². The van der Waals surface area contributed by atoms with Gasteiger partial charge in [0.05, 0.1) is 46.4 Å². The van der Waals surface area contributed by atoms with E-state index >= 15 is 0 Å². The monoisotopic (exact) mass is 764 g/mol. The van der Waals surface area contributed by atoms with Crippen LogP contribution < -0.4 is 5.32 Å². The lowest BCUT2D eigenvalue weighted by molar-refractivity contribution is -0.149. The summed E-state index contributed by atoms with van der Waals surface area (Å²) >= 11 is 13.3. The molecule has 9 nitrogen and oxygen atoms in total. The number of halogens is 5. The summed E-state index contributed by atoms with van der Waals surface area (Å²) in [4.78, 5) is 32.1. The lowest BCUT2D eigenvalue weighted by Crippen LogP contribution is -2.46. The quantitative estimate of drug-likeness (QED) is 0.0669. The van der Waals surface area contributed by atoms with Gasteiger partial charge in [0.25, 0.3) is 5.91 Å². The molecule has 50 heavy (non-hydrogen) atoms. The van der Waals surface area contributed by atoms with E-state index in [1.807, 2.05) is 20.8 Å². The van der Waals surface area contributed by atoms with Crippen LogP contribution in [0.1, 0.15) is 97.7 Å². The Bertz CT molecular complexity index is 1320. The second kappa shape index (κ2) is 18.5. The fraction of sp³-hybridized carbons (Fsp3) is 0.714. The summed E-state index contributed by atoms with van der Waals surface area (Å²) in [6, 6.07) is 1.61. The number of pyridine rings is 1. The van der Waals surface area contributed by atoms with E-state index in [4.69, 9.17) is 37.8 Å². The number of nitrogens with one attached hydrogen (secondary N) is 2. The molecule has 1 aromatic heterocycles. The first kappa shape index (κ1) is 42.2. The van der Waals surface area contributed by atoms with Crippen molar-refractivity contribution in [1.29, 1.82) is 5.41 Å². The number of allylic oxidation sites excluding steroid dienone is 1. The zero-order chi connectivity index (χ0) is 37.3. The number of nitrogens with zero attached hydrogens (tertiary/aromatic N) is 2. The van der Waals surface area contributed by atoms with Crippen LogP contribution in [0.4, 0.5) is 13.2 Å². The Balaban J connectivity index is 2.06. The van der Waals surface area contributed by atoms with Crippen LogP contribution in [0, 0.1) is 17.2 Å². The molecule has 3 N–H and O–H groups in total. The largest absolute Gasteiger partial charge is 0.466 e. The Kier molecular flexibility index (Phi) is 15.6. The smallest absolute Gasteiger partial charge is 0.431 e. The number of rotatable bonds is 16. The third-order valence-electron chi connectivity index (χ3n) is 10.5. The summed E-state index contributed by atoms with van der Waals surface area (Å²) in [7, 11) is -2.41. The molecule has 1 atom stereocenters. The Labute approximate surface area is 305 Å². The van der Waals surface area contributed by atoms with E-state index in [9.17, 15) is 27.9 Å². The molecule has 2 aliphatic carbocycles. The highest BCUT2D eigenvalue weighted by Crippen LogP contribution is 2.39. The minimum absolute atomic E-state index is 0.0845. The van der Waals surface area contributed by atoms with Gasteiger partial charge in [0.2, 0.25) is 0 Å². The molecule has 2 aliphatic rings. The van der Waals surface area contributed by atoms with Gasteiger partial charge >= 0.3 is 12.1 Å². The Hall–Kier alpha value is -2.19. The van der Waals surface area contributed by atoms with Gasteiger partial charge in [-0.15, -0.1) is 0 Å². The first-order valence-electron chi connectivity index (χ1n) is 17.8. The van der Waals surface area contributed by atoms with Gasteiger partial charge in [0.1, 0.15) is 5.70 Å². The number of aromatic nitrogens is 1. The van der Waals surface area contributed by atoms with Crippen LogP contribution in [0.15, 0.2) is 23.7 Å². The molecular weight excluding hydrogens is 712 g/mol. The standard InChI is InChI=1S/C35H53Cl2F3N4O5Si/c1-6-48-33(46)24-10-12-25(13-11-24)43-31(35(38,39)40)26(18-41)32(45)44(21-23-14-16-34(5,47)17-15-23)22-29(49-50(7-2,8-3)9-4)30-27(36)19-42-20-28(30)37/h18-20,23-25,29,41,43,47H,6-17,21-22H2,1-5H3/b31-26+,41-18?/t23?,24-,25-,29?,34?. The van der Waals surface area contributed by atoms with Crippen LogP contribution in [0.2, 0.25) is 28.2 Å². The normalized spacial score (nSPS) is 24.2. The maximum Gasteiger partial charge on any atom is 0.431 e. The number of carbonyl (C=O) groups excluding carboxylic acids is 2. The van der Waals surface area contributed by atoms with Crippen molar-refractivity contribution in [1.82, 2.24) is 15.2 Å². The Morgan fingerprint density at radius 2 is 1.64 bits per heavy atom. The van der Waals surface area contributed by atoms with Crippen molar-refractivity contribution in [3.8, 4) is 0 Å². The molecule has 0 aliphatic heterocycles. The fourth-order valence-corrected chi connectivity index (χ4v) is 10.5. The van der Waals surface area contributed by atoms with E-state index in [-0.39, 0.29) is 54.5 Å². The van der Waals surface area contributed by atoms with Crippen LogP contribution in [0.25, 0.3) is 0 Å². The number of carbonyl (C=O) groups is 2. The van der Waals surface area contributed by atoms with E-state index in [1.165, 1.54) is 17.3 Å². The first-order chi connectivity index (χ1) is 23.5. The SMILES string of the molecule is CCOC(=O)[C@H]1CC[C@H](N/C(=C(\C=N)C(=O)N(CC2CCC(C)(O)CC2)CC(O[Si](CC)(CC)CC)c2c(Cl)cncc2Cl)C(F)(F)F)CC1. The second-order valence-electron chi connectivity index (χ2n) is 13.9. The highest BCUT2D eigenvalue weighted by molar-refractivity contribution is 6.73. The zero-order valence-electron chi connectivity index (χ0n) is 29.8. The van der Waals surface area contributed by atoms with E-state index in [1.54, 1.807) is 13.8 Å². The molecule has 0 radical (unpaired) electrons. The number of aliphatic hydroxyl groups is 1. The Morgan fingerprint density at radius 3 is 2.12 bits per heavy atom. The van der Waals surface area contributed by atoms with Crippen molar-refractivity contribution >= 4 is 49.6 Å². The van der Waals surface area contributed by atoms with Gasteiger partial charge in [-0.2, -0.15) is 13.2 Å². The topological polar surface area (TPSA) is 125 Å². The molecule has 1 unspecified atom stereocenters. The molecule has 0 spiro atoms. The molecule has 1 heterocycles. The maximum absolute atomic E-state index is 14.8. The van der Waals surface area contributed by atoms with Crippen molar-refractivity contribution < 1.29 is 37.0 Å². The maximum atomic E-state index is 14.8. The second-order valence-corrected chi connectivity index (χ2v) is 19.4. The molecule has 0 bridgehead atoms. The van der Waals surface area contributed by atoms with E-state index in [0.29, 0.717) is 50.3 Å². The summed E-state index contributed by atoms with van der Waals surface area (Å²) in [5.74, 6) is -1.83. The summed E-state index contributed by atoms with van der Waals surface area (Å²) in [6.45, 7) is 9.74. The van der Waals surface area contributed by atoms with Gasteiger partial charge in [0, 0.05) is 36.8 Å². The van der Waals surface area contributed by atoms with Crippen LogP contribution >= 0.6 is 23.2 Å². The first-order valence-corrected chi connectivity index (χ1v) is 21.1. The minimum atomic E-state index is -4.97. The molecule has 1 amide bonds. The molecule has 2 fully saturated rings. The number of ether oxygens (including phenoxy) is 1. The highest BCUT2D eigenvalue weighted by Gasteiger charge is 2.43. The van der Waals surface area contributed by atoms with Crippen LogP contribution in [-0.4, -0.2) is 78.9 Å². The van der Waals surface area contributed by atoms with Crippen LogP contribution in [-0.2, 0) is 18.8 Å². The predicted molar refractivity (Wildman–Crippen MR) is 192 cm³/mol. The molecular formula is C35H53Cl2F3N4O5Si. The van der Waals surface area contributed by atoms with E-state index < -0.39 is 55.3 Å². The zero-order valence-corrected chi connectivity index (χ0v) is 32.3. The minimum Gasteiger partial charge on any atom is -0.466 e. The van der Waals surface area contributed by atoms with Crippen molar-refractivity contribution in [3.63, 3.8) is 0 Å². The average Bonchev–Trinajstić information content (AvgIpc) is 3.07. The summed E-state index contributed by atoms with van der Waals surface area (Å²) in [6.07, 6.45) is 0.781. The highest BCUT2D eigenvalue weighted by atomic mass is 35.5. The number of alkyl halides is 3. The lowest BCUT2D eigenvalue weighted by Gasteiger charge is -2.39.